The van der Waals surface area contributed by atoms with E-state index in [4.69, 9.17) is 0 Å². The SMILES string of the molecule is CC(=O)CCc1ncc(-c2ccccn2)[nH]1. The molecule has 0 saturated carbocycles. The third kappa shape index (κ3) is 2.53. The normalized spacial score (nSPS) is 10.3. The van der Waals surface area contributed by atoms with E-state index in [1.165, 1.54) is 0 Å². The van der Waals surface area contributed by atoms with Gasteiger partial charge in [0.2, 0.25) is 0 Å². The molecule has 0 aliphatic heterocycles. The van der Waals surface area contributed by atoms with Gasteiger partial charge < -0.3 is 9.78 Å². The van der Waals surface area contributed by atoms with Crippen molar-refractivity contribution in [1.82, 2.24) is 15.0 Å². The number of imidazole rings is 1. The molecule has 16 heavy (non-hydrogen) atoms. The van der Waals surface area contributed by atoms with Crippen LogP contribution in [-0.4, -0.2) is 20.7 Å². The maximum absolute atomic E-state index is 10.8. The average Bonchev–Trinajstić information content (AvgIpc) is 2.76. The first-order valence-electron chi connectivity index (χ1n) is 5.20. The van der Waals surface area contributed by atoms with Crippen LogP contribution in [0.3, 0.4) is 0 Å². The van der Waals surface area contributed by atoms with Crippen molar-refractivity contribution in [1.29, 1.82) is 0 Å². The van der Waals surface area contributed by atoms with E-state index >= 15 is 0 Å². The van der Waals surface area contributed by atoms with Gasteiger partial charge in [-0.3, -0.25) is 4.98 Å². The largest absolute Gasteiger partial charge is 0.341 e. The monoisotopic (exact) mass is 215 g/mol. The Morgan fingerprint density at radius 2 is 2.25 bits per heavy atom. The van der Waals surface area contributed by atoms with Gasteiger partial charge in [-0.1, -0.05) is 6.07 Å². The van der Waals surface area contributed by atoms with Gasteiger partial charge in [0, 0.05) is 19.0 Å². The Labute approximate surface area is 93.8 Å². The molecule has 1 N–H and O–H groups in total. The number of hydrogen-bond donors (Lipinski definition) is 1. The number of aryl methyl sites for hydroxylation is 1. The minimum absolute atomic E-state index is 0.177. The first-order chi connectivity index (χ1) is 7.75. The van der Waals surface area contributed by atoms with E-state index in [1.807, 2.05) is 18.2 Å². The van der Waals surface area contributed by atoms with Gasteiger partial charge >= 0.3 is 0 Å². The molecule has 0 aliphatic carbocycles. The summed E-state index contributed by atoms with van der Waals surface area (Å²) in [6.07, 6.45) is 4.67. The van der Waals surface area contributed by atoms with E-state index in [1.54, 1.807) is 19.3 Å². The first kappa shape index (κ1) is 10.5. The lowest BCUT2D eigenvalue weighted by Crippen LogP contribution is -1.95. The highest BCUT2D eigenvalue weighted by molar-refractivity contribution is 5.75. The molecule has 0 fully saturated rings. The molecule has 0 aromatic carbocycles. The van der Waals surface area contributed by atoms with Crippen molar-refractivity contribution >= 4 is 5.78 Å². The average molecular weight is 215 g/mol. The molecule has 2 aromatic rings. The Kier molecular flexibility index (Phi) is 3.10. The summed E-state index contributed by atoms with van der Waals surface area (Å²) in [6.45, 7) is 1.59. The molecule has 82 valence electrons. The number of hydrogen-bond acceptors (Lipinski definition) is 3. The van der Waals surface area contributed by atoms with Crippen LogP contribution in [0.15, 0.2) is 30.6 Å². The van der Waals surface area contributed by atoms with Gasteiger partial charge in [-0.05, 0) is 19.1 Å². The molecule has 2 rings (SSSR count). The number of aromatic amines is 1. The predicted octanol–water partition coefficient (Wildman–Crippen LogP) is 1.99. The fourth-order valence-electron chi connectivity index (χ4n) is 1.44. The molecule has 4 heteroatoms. The maximum Gasteiger partial charge on any atom is 0.130 e. The number of nitrogens with zero attached hydrogens (tertiary/aromatic N) is 2. The van der Waals surface area contributed by atoms with Crippen LogP contribution in [0.25, 0.3) is 11.4 Å². The summed E-state index contributed by atoms with van der Waals surface area (Å²) in [5.74, 6) is 1.01. The summed E-state index contributed by atoms with van der Waals surface area (Å²) in [5.41, 5.74) is 1.75. The number of Topliss-reactive ketones (excluding diaryl/α,β-unsaturated/α-hetero) is 1. The summed E-state index contributed by atoms with van der Waals surface area (Å²) >= 11 is 0. The number of nitrogens with one attached hydrogen (secondary N) is 1. The van der Waals surface area contributed by atoms with Crippen molar-refractivity contribution in [3.05, 3.63) is 36.4 Å². The number of aromatic nitrogens is 3. The zero-order valence-corrected chi connectivity index (χ0v) is 9.10. The van der Waals surface area contributed by atoms with Crippen molar-refractivity contribution < 1.29 is 4.79 Å². The van der Waals surface area contributed by atoms with Crippen molar-refractivity contribution in [3.63, 3.8) is 0 Å². The third-order valence-corrected chi connectivity index (χ3v) is 2.28. The quantitative estimate of drug-likeness (QED) is 0.848. The van der Waals surface area contributed by atoms with E-state index < -0.39 is 0 Å². The first-order valence-corrected chi connectivity index (χ1v) is 5.20. The van der Waals surface area contributed by atoms with Gasteiger partial charge in [0.05, 0.1) is 17.6 Å². The molecule has 2 heterocycles. The van der Waals surface area contributed by atoms with Crippen LogP contribution in [-0.2, 0) is 11.2 Å². The molecule has 0 amide bonds. The Hall–Kier alpha value is -1.97. The lowest BCUT2D eigenvalue weighted by molar-refractivity contribution is -0.117. The van der Waals surface area contributed by atoms with Crippen LogP contribution in [0.2, 0.25) is 0 Å². The highest BCUT2D eigenvalue weighted by Gasteiger charge is 2.04. The van der Waals surface area contributed by atoms with Gasteiger partial charge in [0.15, 0.2) is 0 Å². The van der Waals surface area contributed by atoms with Gasteiger partial charge in [-0.2, -0.15) is 0 Å². The van der Waals surface area contributed by atoms with E-state index in [0.29, 0.717) is 12.8 Å². The van der Waals surface area contributed by atoms with Crippen molar-refractivity contribution in [2.45, 2.75) is 19.8 Å². The molecule has 0 aliphatic rings. The Bertz CT molecular complexity index is 476. The number of H-pyrrole nitrogens is 1. The molecule has 0 atom stereocenters. The molecule has 0 saturated heterocycles. The summed E-state index contributed by atoms with van der Waals surface area (Å²) < 4.78 is 0. The Morgan fingerprint density at radius 1 is 1.38 bits per heavy atom. The van der Waals surface area contributed by atoms with Crippen molar-refractivity contribution in [2.75, 3.05) is 0 Å². The molecule has 0 radical (unpaired) electrons. The molecule has 2 aromatic heterocycles. The summed E-state index contributed by atoms with van der Waals surface area (Å²) in [4.78, 5) is 22.4. The summed E-state index contributed by atoms with van der Waals surface area (Å²) in [7, 11) is 0. The van der Waals surface area contributed by atoms with Crippen molar-refractivity contribution in [3.8, 4) is 11.4 Å². The molecular weight excluding hydrogens is 202 g/mol. The van der Waals surface area contributed by atoms with E-state index in [0.717, 1.165) is 17.2 Å². The Morgan fingerprint density at radius 3 is 2.94 bits per heavy atom. The zero-order valence-electron chi connectivity index (χ0n) is 9.10. The van der Waals surface area contributed by atoms with Crippen LogP contribution < -0.4 is 0 Å². The molecule has 4 nitrogen and oxygen atoms in total. The smallest absolute Gasteiger partial charge is 0.130 e. The lowest BCUT2D eigenvalue weighted by atomic mass is 10.2. The fraction of sp³-hybridized carbons (Fsp3) is 0.250. The van der Waals surface area contributed by atoms with Crippen LogP contribution in [0.5, 0.6) is 0 Å². The predicted molar refractivity (Wildman–Crippen MR) is 60.8 cm³/mol. The van der Waals surface area contributed by atoms with Gasteiger partial charge in [-0.25, -0.2) is 4.98 Å². The van der Waals surface area contributed by atoms with E-state index in [-0.39, 0.29) is 5.78 Å². The minimum atomic E-state index is 0.177. The number of carbonyl (C=O) groups is 1. The maximum atomic E-state index is 10.8. The fourth-order valence-corrected chi connectivity index (χ4v) is 1.44. The van der Waals surface area contributed by atoms with Crippen LogP contribution in [0, 0.1) is 0 Å². The number of rotatable bonds is 4. The number of carbonyl (C=O) groups excluding carboxylic acids is 1. The van der Waals surface area contributed by atoms with Crippen LogP contribution >= 0.6 is 0 Å². The van der Waals surface area contributed by atoms with Crippen molar-refractivity contribution in [2.24, 2.45) is 0 Å². The number of ketones is 1. The van der Waals surface area contributed by atoms with Gasteiger partial charge in [0.1, 0.15) is 11.6 Å². The molecule has 0 bridgehead atoms. The molecule has 0 unspecified atom stereocenters. The third-order valence-electron chi connectivity index (χ3n) is 2.28. The van der Waals surface area contributed by atoms with E-state index in [2.05, 4.69) is 15.0 Å². The topological polar surface area (TPSA) is 58.6 Å². The minimum Gasteiger partial charge on any atom is -0.341 e. The zero-order chi connectivity index (χ0) is 11.4. The summed E-state index contributed by atoms with van der Waals surface area (Å²) in [6, 6.07) is 5.72. The van der Waals surface area contributed by atoms with Crippen LogP contribution in [0.1, 0.15) is 19.2 Å². The highest BCUT2D eigenvalue weighted by Crippen LogP contribution is 2.13. The molecular formula is C12H13N3O. The second-order valence-corrected chi connectivity index (χ2v) is 3.66. The number of pyridine rings is 1. The van der Waals surface area contributed by atoms with Gasteiger partial charge in [-0.15, -0.1) is 0 Å². The second-order valence-electron chi connectivity index (χ2n) is 3.66. The second kappa shape index (κ2) is 4.70. The highest BCUT2D eigenvalue weighted by atomic mass is 16.1. The molecule has 0 spiro atoms. The Balaban J connectivity index is 2.11. The van der Waals surface area contributed by atoms with E-state index in [9.17, 15) is 4.79 Å². The summed E-state index contributed by atoms with van der Waals surface area (Å²) in [5, 5.41) is 0. The van der Waals surface area contributed by atoms with Crippen LogP contribution in [0.4, 0.5) is 0 Å². The standard InChI is InChI=1S/C12H13N3O/c1-9(16)5-6-12-14-8-11(15-12)10-4-2-3-7-13-10/h2-4,7-8H,5-6H2,1H3,(H,14,15). The lowest BCUT2D eigenvalue weighted by Gasteiger charge is -1.95. The van der Waals surface area contributed by atoms with Gasteiger partial charge in [0.25, 0.3) is 0 Å².